The second-order valence-corrected chi connectivity index (χ2v) is 4.77. The number of rotatable bonds is 0. The van der Waals surface area contributed by atoms with Gasteiger partial charge in [0.15, 0.2) is 0 Å². The van der Waals surface area contributed by atoms with Crippen LogP contribution in [0.4, 0.5) is 5.69 Å². The molecule has 3 heteroatoms. The summed E-state index contributed by atoms with van der Waals surface area (Å²) in [6.45, 7) is 2.04. The van der Waals surface area contributed by atoms with Crippen LogP contribution in [0, 0.1) is 0 Å². The zero-order chi connectivity index (χ0) is 10.3. The highest BCUT2D eigenvalue weighted by Crippen LogP contribution is 2.30. The first-order valence-electron chi connectivity index (χ1n) is 5.61. The molecule has 1 heterocycles. The number of nitrogen functional groups attached to an aromatic ring is 1. The van der Waals surface area contributed by atoms with Gasteiger partial charge in [-0.1, -0.05) is 6.07 Å². The number of anilines is 1. The van der Waals surface area contributed by atoms with Crippen molar-refractivity contribution in [2.24, 2.45) is 0 Å². The quantitative estimate of drug-likeness (QED) is 0.543. The number of hydrogen-bond donors (Lipinski definition) is 3. The second-order valence-electron chi connectivity index (χ2n) is 4.77. The molecule has 80 valence electrons. The van der Waals surface area contributed by atoms with E-state index in [0.29, 0.717) is 5.54 Å². The molecular formula is C12H17N3. The minimum atomic E-state index is 0.309. The van der Waals surface area contributed by atoms with E-state index in [0.717, 1.165) is 31.7 Å². The Labute approximate surface area is 90.0 Å². The standard InChI is InChI=1S/C12H17N3/c13-11-2-1-10-6-12(7-14-8-15-12)4-3-9(10)5-11/h1-2,5,14-15H,3-4,6-8,13H2. The maximum Gasteiger partial charge on any atom is 0.0459 e. The number of aryl methyl sites for hydroxylation is 1. The van der Waals surface area contributed by atoms with Gasteiger partial charge < -0.3 is 11.1 Å². The number of benzene rings is 1. The van der Waals surface area contributed by atoms with E-state index in [-0.39, 0.29) is 0 Å². The Morgan fingerprint density at radius 3 is 3.00 bits per heavy atom. The number of hydrogen-bond acceptors (Lipinski definition) is 3. The molecule has 0 saturated carbocycles. The fraction of sp³-hybridized carbons (Fsp3) is 0.500. The molecule has 2 aliphatic rings. The highest BCUT2D eigenvalue weighted by Gasteiger charge is 2.36. The predicted octanol–water partition coefficient (Wildman–Crippen LogP) is 0.647. The summed E-state index contributed by atoms with van der Waals surface area (Å²) in [5.74, 6) is 0. The minimum Gasteiger partial charge on any atom is -0.399 e. The first-order chi connectivity index (χ1) is 7.27. The smallest absolute Gasteiger partial charge is 0.0459 e. The average Bonchev–Trinajstić information content (AvgIpc) is 2.67. The molecule has 1 fully saturated rings. The Kier molecular flexibility index (Phi) is 1.97. The molecule has 1 aliphatic heterocycles. The third-order valence-corrected chi connectivity index (χ3v) is 3.68. The first kappa shape index (κ1) is 9.19. The molecule has 0 radical (unpaired) electrons. The minimum absolute atomic E-state index is 0.309. The van der Waals surface area contributed by atoms with Gasteiger partial charge in [-0.3, -0.25) is 5.32 Å². The topological polar surface area (TPSA) is 50.1 Å². The van der Waals surface area contributed by atoms with Crippen molar-refractivity contribution in [1.29, 1.82) is 0 Å². The van der Waals surface area contributed by atoms with Crippen molar-refractivity contribution in [2.75, 3.05) is 18.9 Å². The highest BCUT2D eigenvalue weighted by atomic mass is 15.2. The van der Waals surface area contributed by atoms with E-state index in [4.69, 9.17) is 5.73 Å². The van der Waals surface area contributed by atoms with Gasteiger partial charge in [-0.25, -0.2) is 0 Å². The van der Waals surface area contributed by atoms with Crippen molar-refractivity contribution in [1.82, 2.24) is 10.6 Å². The van der Waals surface area contributed by atoms with Crippen LogP contribution in [0.5, 0.6) is 0 Å². The maximum atomic E-state index is 5.80. The van der Waals surface area contributed by atoms with Crippen LogP contribution < -0.4 is 16.4 Å². The molecule has 1 aromatic rings. The van der Waals surface area contributed by atoms with E-state index in [1.165, 1.54) is 17.5 Å². The average molecular weight is 203 g/mol. The number of nitrogens with one attached hydrogen (secondary N) is 2. The molecule has 3 nitrogen and oxygen atoms in total. The van der Waals surface area contributed by atoms with Crippen LogP contribution in [0.25, 0.3) is 0 Å². The summed E-state index contributed by atoms with van der Waals surface area (Å²) in [7, 11) is 0. The molecule has 3 rings (SSSR count). The number of fused-ring (bicyclic) bond motifs is 1. The number of nitrogens with two attached hydrogens (primary N) is 1. The van der Waals surface area contributed by atoms with Crippen LogP contribution in [0.3, 0.4) is 0 Å². The zero-order valence-electron chi connectivity index (χ0n) is 8.84. The van der Waals surface area contributed by atoms with Crippen LogP contribution in [0.15, 0.2) is 18.2 Å². The van der Waals surface area contributed by atoms with Gasteiger partial charge in [-0.15, -0.1) is 0 Å². The normalized spacial score (nSPS) is 29.3. The van der Waals surface area contributed by atoms with Crippen molar-refractivity contribution in [2.45, 2.75) is 24.8 Å². The molecule has 1 saturated heterocycles. The largest absolute Gasteiger partial charge is 0.399 e. The van der Waals surface area contributed by atoms with Crippen LogP contribution in [0.1, 0.15) is 17.5 Å². The van der Waals surface area contributed by atoms with Gasteiger partial charge in [0, 0.05) is 24.4 Å². The van der Waals surface area contributed by atoms with Crippen LogP contribution in [-0.4, -0.2) is 18.8 Å². The molecule has 15 heavy (non-hydrogen) atoms. The monoisotopic (exact) mass is 203 g/mol. The Morgan fingerprint density at radius 2 is 2.20 bits per heavy atom. The lowest BCUT2D eigenvalue weighted by Crippen LogP contribution is -2.47. The summed E-state index contributed by atoms with van der Waals surface area (Å²) < 4.78 is 0. The summed E-state index contributed by atoms with van der Waals surface area (Å²) >= 11 is 0. The fourth-order valence-corrected chi connectivity index (χ4v) is 2.79. The lowest BCUT2D eigenvalue weighted by atomic mass is 9.78. The Bertz CT molecular complexity index is 380. The van der Waals surface area contributed by atoms with Gasteiger partial charge >= 0.3 is 0 Å². The highest BCUT2D eigenvalue weighted by molar-refractivity contribution is 5.46. The van der Waals surface area contributed by atoms with Crippen molar-refractivity contribution >= 4 is 5.69 Å². The maximum absolute atomic E-state index is 5.80. The van der Waals surface area contributed by atoms with Gasteiger partial charge in [0.2, 0.25) is 0 Å². The third-order valence-electron chi connectivity index (χ3n) is 3.68. The lowest BCUT2D eigenvalue weighted by Gasteiger charge is -2.34. The predicted molar refractivity (Wildman–Crippen MR) is 61.6 cm³/mol. The fourth-order valence-electron chi connectivity index (χ4n) is 2.79. The summed E-state index contributed by atoms with van der Waals surface area (Å²) in [5, 5.41) is 6.97. The molecule has 1 spiro atoms. The first-order valence-corrected chi connectivity index (χ1v) is 5.61. The van der Waals surface area contributed by atoms with Crippen LogP contribution >= 0.6 is 0 Å². The van der Waals surface area contributed by atoms with E-state index < -0.39 is 0 Å². The molecule has 0 bridgehead atoms. The van der Waals surface area contributed by atoms with Crippen molar-refractivity contribution in [3.63, 3.8) is 0 Å². The lowest BCUT2D eigenvalue weighted by molar-refractivity contribution is 0.349. The molecule has 4 N–H and O–H groups in total. The van der Waals surface area contributed by atoms with Gasteiger partial charge in [0.1, 0.15) is 0 Å². The second kappa shape index (κ2) is 3.22. The van der Waals surface area contributed by atoms with E-state index in [1.807, 2.05) is 6.07 Å². The van der Waals surface area contributed by atoms with E-state index in [2.05, 4.69) is 22.8 Å². The molecule has 1 aliphatic carbocycles. The Hall–Kier alpha value is -1.06. The van der Waals surface area contributed by atoms with E-state index >= 15 is 0 Å². The Morgan fingerprint density at radius 1 is 1.27 bits per heavy atom. The van der Waals surface area contributed by atoms with Crippen molar-refractivity contribution < 1.29 is 0 Å². The van der Waals surface area contributed by atoms with Gasteiger partial charge in [-0.05, 0) is 42.5 Å². The molecule has 1 unspecified atom stereocenters. The third kappa shape index (κ3) is 1.52. The molecule has 0 amide bonds. The zero-order valence-corrected chi connectivity index (χ0v) is 8.84. The molecule has 0 aromatic heterocycles. The van der Waals surface area contributed by atoms with Crippen molar-refractivity contribution in [3.05, 3.63) is 29.3 Å². The molecule has 1 aromatic carbocycles. The molecular weight excluding hydrogens is 186 g/mol. The van der Waals surface area contributed by atoms with Crippen LogP contribution in [-0.2, 0) is 12.8 Å². The molecule has 1 atom stereocenters. The summed E-state index contributed by atoms with van der Waals surface area (Å²) in [6, 6.07) is 6.33. The van der Waals surface area contributed by atoms with Gasteiger partial charge in [-0.2, -0.15) is 0 Å². The SMILES string of the molecule is Nc1ccc2c(c1)CCC1(CNCN1)C2. The summed E-state index contributed by atoms with van der Waals surface area (Å²) in [5.41, 5.74) is 9.90. The summed E-state index contributed by atoms with van der Waals surface area (Å²) in [4.78, 5) is 0. The summed E-state index contributed by atoms with van der Waals surface area (Å²) in [6.07, 6.45) is 3.50. The van der Waals surface area contributed by atoms with E-state index in [1.54, 1.807) is 0 Å². The van der Waals surface area contributed by atoms with Gasteiger partial charge in [0.25, 0.3) is 0 Å². The van der Waals surface area contributed by atoms with E-state index in [9.17, 15) is 0 Å². The van der Waals surface area contributed by atoms with Crippen molar-refractivity contribution in [3.8, 4) is 0 Å². The van der Waals surface area contributed by atoms with Gasteiger partial charge in [0.05, 0.1) is 0 Å². The Balaban J connectivity index is 1.93. The van der Waals surface area contributed by atoms with Crippen LogP contribution in [0.2, 0.25) is 0 Å².